The van der Waals surface area contributed by atoms with E-state index in [0.717, 1.165) is 5.56 Å². The van der Waals surface area contributed by atoms with Crippen LogP contribution in [0.4, 0.5) is 0 Å². The molecule has 1 aliphatic heterocycles. The van der Waals surface area contributed by atoms with Crippen LogP contribution in [0.2, 0.25) is 0 Å². The molecule has 0 saturated carbocycles. The summed E-state index contributed by atoms with van der Waals surface area (Å²) in [5, 5.41) is 12.4. The first-order chi connectivity index (χ1) is 14.4. The molecule has 3 rings (SSSR count). The van der Waals surface area contributed by atoms with Crippen molar-refractivity contribution in [3.8, 4) is 0 Å². The molecule has 1 aromatic carbocycles. The number of aliphatic hydroxyl groups is 1. The maximum Gasteiger partial charge on any atom is 0.241 e. The second-order valence-electron chi connectivity index (χ2n) is 6.92. The third-order valence-corrected chi connectivity index (χ3v) is 6.06. The molecule has 0 spiro atoms. The first-order valence-electron chi connectivity index (χ1n) is 9.42. The quantitative estimate of drug-likeness (QED) is 0.517. The number of nitrogens with zero attached hydrogens (tertiary/aromatic N) is 2. The number of hydrogen-bond acceptors (Lipinski definition) is 7. The van der Waals surface area contributed by atoms with Crippen LogP contribution in [0.5, 0.6) is 0 Å². The number of aryl methyl sites for hydroxylation is 1. The second-order valence-corrected chi connectivity index (χ2v) is 8.64. The Morgan fingerprint density at radius 2 is 1.97 bits per heavy atom. The molecular formula is C20H24N4O5S. The van der Waals surface area contributed by atoms with Gasteiger partial charge in [0.25, 0.3) is 0 Å². The molecule has 9 nitrogen and oxygen atoms in total. The highest BCUT2D eigenvalue weighted by Gasteiger charge is 2.31. The fourth-order valence-electron chi connectivity index (χ4n) is 2.94. The Balaban J connectivity index is 1.58. The molecule has 0 saturated heterocycles. The average Bonchev–Trinajstić information content (AvgIpc) is 2.74. The number of aromatic nitrogens is 2. The van der Waals surface area contributed by atoms with Crippen LogP contribution >= 0.6 is 0 Å². The maximum absolute atomic E-state index is 12.6. The topological polar surface area (TPSA) is 131 Å². The molecule has 0 radical (unpaired) electrons. The molecule has 0 fully saturated rings. The van der Waals surface area contributed by atoms with Crippen LogP contribution < -0.4 is 10.0 Å². The van der Waals surface area contributed by atoms with Crippen LogP contribution in [-0.2, 0) is 26.1 Å². The van der Waals surface area contributed by atoms with Gasteiger partial charge in [0.2, 0.25) is 15.9 Å². The Morgan fingerprint density at radius 1 is 1.20 bits per heavy atom. The summed E-state index contributed by atoms with van der Waals surface area (Å²) >= 11 is 0. The highest BCUT2D eigenvalue weighted by molar-refractivity contribution is 7.89. The highest BCUT2D eigenvalue weighted by Crippen LogP contribution is 2.18. The van der Waals surface area contributed by atoms with Crippen molar-refractivity contribution in [2.45, 2.75) is 43.0 Å². The molecular weight excluding hydrogens is 408 g/mol. The van der Waals surface area contributed by atoms with Crippen molar-refractivity contribution in [3.05, 3.63) is 66.3 Å². The van der Waals surface area contributed by atoms with Gasteiger partial charge in [0.05, 0.1) is 42.3 Å². The first kappa shape index (κ1) is 22.0. The van der Waals surface area contributed by atoms with Crippen molar-refractivity contribution < 1.29 is 23.1 Å². The number of carbonyl (C=O) groups excluding carboxylic acids is 1. The fraction of sp³-hybridized carbons (Fsp3) is 0.350. The van der Waals surface area contributed by atoms with Crippen LogP contribution in [0.25, 0.3) is 0 Å². The number of hydrogen-bond donors (Lipinski definition) is 3. The molecule has 2 aromatic rings. The SMILES string of the molecule is Cc1ccc(S(=O)(=O)N[C@@H]2C=C[C@@H](CC(=O)NCc3ccncn3)O[C@H]2CO)cc1. The number of carbonyl (C=O) groups is 1. The third kappa shape index (κ3) is 5.92. The lowest BCUT2D eigenvalue weighted by Gasteiger charge is -2.31. The maximum atomic E-state index is 12.6. The summed E-state index contributed by atoms with van der Waals surface area (Å²) in [7, 11) is -3.78. The molecule has 1 amide bonds. The zero-order valence-electron chi connectivity index (χ0n) is 16.4. The Hall–Kier alpha value is -2.66. The van der Waals surface area contributed by atoms with Gasteiger partial charge in [-0.15, -0.1) is 0 Å². The van der Waals surface area contributed by atoms with Crippen molar-refractivity contribution in [1.29, 1.82) is 0 Å². The van der Waals surface area contributed by atoms with Crippen molar-refractivity contribution in [3.63, 3.8) is 0 Å². The minimum absolute atomic E-state index is 0.0372. The van der Waals surface area contributed by atoms with Crippen molar-refractivity contribution in [2.24, 2.45) is 0 Å². The normalized spacial score (nSPS) is 21.3. The summed E-state index contributed by atoms with van der Waals surface area (Å²) in [6, 6.07) is 7.40. The van der Waals surface area contributed by atoms with Gasteiger partial charge in [-0.1, -0.05) is 29.8 Å². The Kier molecular flexibility index (Phi) is 7.27. The Labute approximate surface area is 175 Å². The lowest BCUT2D eigenvalue weighted by Crippen LogP contribution is -2.49. The van der Waals surface area contributed by atoms with Gasteiger partial charge in [0.1, 0.15) is 12.4 Å². The van der Waals surface area contributed by atoms with Gasteiger partial charge in [0, 0.05) is 6.20 Å². The number of sulfonamides is 1. The molecule has 0 aliphatic carbocycles. The minimum Gasteiger partial charge on any atom is -0.394 e. The van der Waals surface area contributed by atoms with E-state index in [1.54, 1.807) is 36.5 Å². The van der Waals surface area contributed by atoms with Crippen molar-refractivity contribution in [2.75, 3.05) is 6.61 Å². The largest absolute Gasteiger partial charge is 0.394 e. The predicted molar refractivity (Wildman–Crippen MR) is 109 cm³/mol. The van der Waals surface area contributed by atoms with Crippen LogP contribution in [0, 0.1) is 6.92 Å². The van der Waals surface area contributed by atoms with Gasteiger partial charge in [-0.2, -0.15) is 0 Å². The molecule has 3 atom stereocenters. The first-order valence-corrected chi connectivity index (χ1v) is 10.9. The van der Waals surface area contributed by atoms with Gasteiger partial charge < -0.3 is 15.2 Å². The van der Waals surface area contributed by atoms with E-state index < -0.39 is 34.9 Å². The van der Waals surface area contributed by atoms with Gasteiger partial charge in [-0.25, -0.2) is 23.1 Å². The molecule has 3 N–H and O–H groups in total. The molecule has 0 bridgehead atoms. The second kappa shape index (κ2) is 9.90. The van der Waals surface area contributed by atoms with Gasteiger partial charge in [-0.3, -0.25) is 4.79 Å². The molecule has 160 valence electrons. The van der Waals surface area contributed by atoms with E-state index in [1.165, 1.54) is 18.5 Å². The van der Waals surface area contributed by atoms with E-state index in [9.17, 15) is 18.3 Å². The average molecular weight is 433 g/mol. The lowest BCUT2D eigenvalue weighted by molar-refractivity contribution is -0.125. The fourth-order valence-corrected chi connectivity index (χ4v) is 4.16. The number of benzene rings is 1. The summed E-state index contributed by atoms with van der Waals surface area (Å²) in [5.74, 6) is -0.251. The summed E-state index contributed by atoms with van der Waals surface area (Å²) in [6.07, 6.45) is 4.87. The van der Waals surface area contributed by atoms with E-state index in [-0.39, 0.29) is 23.8 Å². The number of aliphatic hydroxyl groups excluding tert-OH is 1. The summed E-state index contributed by atoms with van der Waals surface area (Å²) in [5.41, 5.74) is 1.63. The van der Waals surface area contributed by atoms with Crippen molar-refractivity contribution in [1.82, 2.24) is 20.0 Å². The summed E-state index contributed by atoms with van der Waals surface area (Å²) < 4.78 is 33.5. The standard InChI is InChI=1S/C20H24N4O5S/c1-14-2-5-17(6-3-14)30(27,28)24-18-7-4-16(29-19(18)12-25)10-20(26)22-11-15-8-9-21-13-23-15/h2-9,13,16,18-19,24-25H,10-12H2,1H3,(H,22,26)/t16-,18+,19-/m0/s1. The number of ether oxygens (including phenoxy) is 1. The molecule has 2 heterocycles. The van der Waals surface area contributed by atoms with E-state index in [4.69, 9.17) is 4.74 Å². The smallest absolute Gasteiger partial charge is 0.241 e. The van der Waals surface area contributed by atoms with Crippen LogP contribution in [-0.4, -0.2) is 54.3 Å². The third-order valence-electron chi connectivity index (χ3n) is 4.58. The zero-order chi connectivity index (χ0) is 21.6. The molecule has 10 heteroatoms. The van der Waals surface area contributed by atoms with E-state index in [0.29, 0.717) is 5.69 Å². The Morgan fingerprint density at radius 3 is 2.63 bits per heavy atom. The van der Waals surface area contributed by atoms with Gasteiger partial charge in [0.15, 0.2) is 0 Å². The van der Waals surface area contributed by atoms with Gasteiger partial charge in [-0.05, 0) is 25.1 Å². The molecule has 30 heavy (non-hydrogen) atoms. The lowest BCUT2D eigenvalue weighted by atomic mass is 10.1. The highest BCUT2D eigenvalue weighted by atomic mass is 32.2. The molecule has 1 aromatic heterocycles. The predicted octanol–water partition coefficient (Wildman–Crippen LogP) is 0.454. The minimum atomic E-state index is -3.78. The number of nitrogens with one attached hydrogen (secondary N) is 2. The van der Waals surface area contributed by atoms with E-state index >= 15 is 0 Å². The monoisotopic (exact) mass is 432 g/mol. The Bertz CT molecular complexity index is 980. The van der Waals surface area contributed by atoms with E-state index in [2.05, 4.69) is 20.0 Å². The van der Waals surface area contributed by atoms with Crippen LogP contribution in [0.1, 0.15) is 17.7 Å². The van der Waals surface area contributed by atoms with Crippen LogP contribution in [0.15, 0.2) is 59.9 Å². The number of rotatable bonds is 8. The number of amides is 1. The van der Waals surface area contributed by atoms with Crippen molar-refractivity contribution >= 4 is 15.9 Å². The molecule has 1 aliphatic rings. The summed E-state index contributed by atoms with van der Waals surface area (Å²) in [6.45, 7) is 1.73. The van der Waals surface area contributed by atoms with Crippen LogP contribution in [0.3, 0.4) is 0 Å². The summed E-state index contributed by atoms with van der Waals surface area (Å²) in [4.78, 5) is 20.1. The van der Waals surface area contributed by atoms with Gasteiger partial charge >= 0.3 is 0 Å². The van der Waals surface area contributed by atoms with E-state index in [1.807, 2.05) is 6.92 Å². The molecule has 0 unspecified atom stereocenters. The zero-order valence-corrected chi connectivity index (χ0v) is 17.2.